The quantitative estimate of drug-likeness (QED) is 0.619. The molecule has 2 nitrogen and oxygen atoms in total. The summed E-state index contributed by atoms with van der Waals surface area (Å²) in [4.78, 5) is 15.8. The predicted molar refractivity (Wildman–Crippen MR) is 64.7 cm³/mol. The fourth-order valence-corrected chi connectivity index (χ4v) is 2.83. The Kier molecular flexibility index (Phi) is 3.36. The third-order valence-corrected chi connectivity index (χ3v) is 4.13. The summed E-state index contributed by atoms with van der Waals surface area (Å²) in [6, 6.07) is 6.06. The Morgan fingerprint density at radius 1 is 1.38 bits per heavy atom. The first-order chi connectivity index (χ1) is 7.74. The van der Waals surface area contributed by atoms with Crippen molar-refractivity contribution < 1.29 is 9.18 Å². The van der Waals surface area contributed by atoms with Gasteiger partial charge in [-0.2, -0.15) is 0 Å². The Labute approximate surface area is 101 Å². The Morgan fingerprint density at radius 2 is 2.06 bits per heavy atom. The maximum Gasteiger partial charge on any atom is 0.169 e. The lowest BCUT2D eigenvalue weighted by Gasteiger charge is -1.96. The molecule has 0 bridgehead atoms. The summed E-state index contributed by atoms with van der Waals surface area (Å²) in [6.07, 6.45) is 2.64. The minimum absolute atomic E-state index is 0.286. The summed E-state index contributed by atoms with van der Waals surface area (Å²) < 4.78 is 13.6. The highest BCUT2D eigenvalue weighted by Crippen LogP contribution is 2.33. The molecule has 0 saturated carbocycles. The van der Waals surface area contributed by atoms with E-state index >= 15 is 0 Å². The number of thioether (sulfide) groups is 1. The monoisotopic (exact) mass is 253 g/mol. The molecule has 2 aromatic rings. The summed E-state index contributed by atoms with van der Waals surface area (Å²) in [6.45, 7) is 0. The zero-order chi connectivity index (χ0) is 11.5. The number of hydrogen-bond acceptors (Lipinski definition) is 4. The number of carbonyl (C=O) groups is 1. The molecule has 2 rings (SSSR count). The first kappa shape index (κ1) is 11.3. The summed E-state index contributed by atoms with van der Waals surface area (Å²) in [5.41, 5.74) is 1.24. The van der Waals surface area contributed by atoms with Gasteiger partial charge in [0, 0.05) is 0 Å². The average Bonchev–Trinajstić information content (AvgIpc) is 2.73. The first-order valence-corrected chi connectivity index (χ1v) is 6.54. The fraction of sp³-hybridized carbons (Fsp3) is 0.0909. The van der Waals surface area contributed by atoms with Crippen molar-refractivity contribution in [3.05, 3.63) is 35.8 Å². The summed E-state index contributed by atoms with van der Waals surface area (Å²) in [7, 11) is 0. The zero-order valence-corrected chi connectivity index (χ0v) is 10.1. The van der Waals surface area contributed by atoms with Crippen LogP contribution < -0.4 is 0 Å². The number of thiazole rings is 1. The van der Waals surface area contributed by atoms with E-state index in [-0.39, 0.29) is 5.82 Å². The van der Waals surface area contributed by atoms with Gasteiger partial charge < -0.3 is 0 Å². The molecule has 1 aromatic heterocycles. The molecule has 0 fully saturated rings. The maximum atomic E-state index is 12.8. The molecule has 16 heavy (non-hydrogen) atoms. The van der Waals surface area contributed by atoms with Gasteiger partial charge in [0.15, 0.2) is 10.6 Å². The van der Waals surface area contributed by atoms with Crippen molar-refractivity contribution in [2.75, 3.05) is 6.26 Å². The number of carbonyl (C=O) groups excluding carboxylic acids is 1. The molecule has 1 heterocycles. The lowest BCUT2D eigenvalue weighted by atomic mass is 10.1. The minimum Gasteiger partial charge on any atom is -0.296 e. The van der Waals surface area contributed by atoms with Gasteiger partial charge in [-0.25, -0.2) is 9.37 Å². The van der Waals surface area contributed by atoms with Gasteiger partial charge in [0.05, 0.1) is 4.88 Å². The van der Waals surface area contributed by atoms with E-state index in [1.165, 1.54) is 35.2 Å². The van der Waals surface area contributed by atoms with Gasteiger partial charge in [0.2, 0.25) is 0 Å². The number of halogens is 1. The van der Waals surface area contributed by atoms with Crippen LogP contribution in [-0.4, -0.2) is 17.5 Å². The van der Waals surface area contributed by atoms with Crippen LogP contribution in [0.3, 0.4) is 0 Å². The molecule has 0 atom stereocenters. The van der Waals surface area contributed by atoms with Crippen LogP contribution in [-0.2, 0) is 0 Å². The van der Waals surface area contributed by atoms with E-state index in [0.717, 1.165) is 21.1 Å². The summed E-state index contributed by atoms with van der Waals surface area (Å²) >= 11 is 2.93. The molecule has 5 heteroatoms. The van der Waals surface area contributed by atoms with Crippen LogP contribution in [0, 0.1) is 5.82 Å². The molecule has 1 aromatic carbocycles. The average molecular weight is 253 g/mol. The molecule has 0 radical (unpaired) electrons. The van der Waals surface area contributed by atoms with Crippen LogP contribution in [0.15, 0.2) is 28.6 Å². The van der Waals surface area contributed by atoms with Crippen LogP contribution in [0.25, 0.3) is 10.4 Å². The Morgan fingerprint density at radius 3 is 2.62 bits per heavy atom. The van der Waals surface area contributed by atoms with Crippen LogP contribution in [0.5, 0.6) is 0 Å². The van der Waals surface area contributed by atoms with Crippen LogP contribution in [0.2, 0.25) is 0 Å². The Balaban J connectivity index is 2.49. The van der Waals surface area contributed by atoms with E-state index < -0.39 is 0 Å². The topological polar surface area (TPSA) is 30.0 Å². The molecular formula is C11H8FNOS2. The Bertz CT molecular complexity index is 507. The largest absolute Gasteiger partial charge is 0.296 e. The second-order valence-electron chi connectivity index (χ2n) is 3.02. The SMILES string of the molecule is CSc1nc(C=O)c(-c2ccc(F)cc2)s1. The highest BCUT2D eigenvalue weighted by Gasteiger charge is 2.11. The first-order valence-electron chi connectivity index (χ1n) is 4.50. The molecule has 0 amide bonds. The van der Waals surface area contributed by atoms with Gasteiger partial charge >= 0.3 is 0 Å². The number of nitrogens with zero attached hydrogens (tertiary/aromatic N) is 1. The van der Waals surface area contributed by atoms with Gasteiger partial charge in [0.25, 0.3) is 0 Å². The van der Waals surface area contributed by atoms with Crippen molar-refractivity contribution in [1.29, 1.82) is 0 Å². The molecule has 0 aliphatic heterocycles. The normalized spacial score (nSPS) is 10.4. The zero-order valence-electron chi connectivity index (χ0n) is 8.44. The van der Waals surface area contributed by atoms with Gasteiger partial charge in [-0.05, 0) is 24.0 Å². The summed E-state index contributed by atoms with van der Waals surface area (Å²) in [5.74, 6) is -0.286. The molecule has 0 unspecified atom stereocenters. The van der Waals surface area contributed by atoms with Crippen molar-refractivity contribution in [2.45, 2.75) is 4.34 Å². The standard InChI is InChI=1S/C11H8FNOS2/c1-15-11-13-9(6-14)10(16-11)7-2-4-8(12)5-3-7/h2-6H,1H3. The predicted octanol–water partition coefficient (Wildman–Crippen LogP) is 3.48. The minimum atomic E-state index is -0.286. The van der Waals surface area contributed by atoms with Crippen molar-refractivity contribution in [2.24, 2.45) is 0 Å². The second kappa shape index (κ2) is 4.76. The molecule has 82 valence electrons. The fourth-order valence-electron chi connectivity index (χ4n) is 1.29. The van der Waals surface area contributed by atoms with E-state index in [1.54, 1.807) is 12.1 Å². The Hall–Kier alpha value is -1.20. The molecule has 0 aliphatic rings. The van der Waals surface area contributed by atoms with Gasteiger partial charge in [0.1, 0.15) is 11.5 Å². The van der Waals surface area contributed by atoms with Crippen molar-refractivity contribution in [1.82, 2.24) is 4.98 Å². The van der Waals surface area contributed by atoms with E-state index in [9.17, 15) is 9.18 Å². The molecule has 0 spiro atoms. The maximum absolute atomic E-state index is 12.8. The number of hydrogen-bond donors (Lipinski definition) is 0. The lowest BCUT2D eigenvalue weighted by Crippen LogP contribution is -1.84. The second-order valence-corrected chi connectivity index (χ2v) is 5.08. The van der Waals surface area contributed by atoms with Crippen molar-refractivity contribution in [3.63, 3.8) is 0 Å². The van der Waals surface area contributed by atoms with Crippen molar-refractivity contribution >= 4 is 29.4 Å². The highest BCUT2D eigenvalue weighted by atomic mass is 32.2. The molecule has 0 N–H and O–H groups in total. The highest BCUT2D eigenvalue weighted by molar-refractivity contribution is 8.00. The van der Waals surface area contributed by atoms with Crippen molar-refractivity contribution in [3.8, 4) is 10.4 Å². The third kappa shape index (κ3) is 2.15. The van der Waals surface area contributed by atoms with Crippen LogP contribution in [0.1, 0.15) is 10.5 Å². The number of aromatic nitrogens is 1. The van der Waals surface area contributed by atoms with Crippen LogP contribution >= 0.6 is 23.1 Å². The van der Waals surface area contributed by atoms with Crippen LogP contribution in [0.4, 0.5) is 4.39 Å². The van der Waals surface area contributed by atoms with E-state index in [0.29, 0.717) is 5.69 Å². The van der Waals surface area contributed by atoms with Gasteiger partial charge in [-0.15, -0.1) is 11.3 Å². The van der Waals surface area contributed by atoms with Gasteiger partial charge in [-0.1, -0.05) is 23.9 Å². The van der Waals surface area contributed by atoms with E-state index in [1.807, 2.05) is 6.26 Å². The van der Waals surface area contributed by atoms with Gasteiger partial charge in [-0.3, -0.25) is 4.79 Å². The number of benzene rings is 1. The smallest absolute Gasteiger partial charge is 0.169 e. The third-order valence-electron chi connectivity index (χ3n) is 2.03. The number of aldehydes is 1. The lowest BCUT2D eigenvalue weighted by molar-refractivity contribution is 0.112. The molecule has 0 saturated heterocycles. The molecule has 0 aliphatic carbocycles. The molecular weight excluding hydrogens is 245 g/mol. The summed E-state index contributed by atoms with van der Waals surface area (Å²) in [5, 5.41) is 0. The van der Waals surface area contributed by atoms with E-state index in [2.05, 4.69) is 4.98 Å². The number of rotatable bonds is 3. The van der Waals surface area contributed by atoms with E-state index in [4.69, 9.17) is 0 Å².